The van der Waals surface area contributed by atoms with Gasteiger partial charge in [-0.2, -0.15) is 28.8 Å². The number of carbonyl (C=O) groups is 3. The van der Waals surface area contributed by atoms with Crippen LogP contribution in [0.15, 0.2) is 110 Å². The fourth-order valence-electron chi connectivity index (χ4n) is 13.5. The molecule has 9 N–H and O–H groups in total. The lowest BCUT2D eigenvalue weighted by atomic mass is 9.86. The fourth-order valence-corrected chi connectivity index (χ4v) is 13.7. The number of amides is 3. The molecule has 3 aromatic carbocycles. The lowest BCUT2D eigenvalue weighted by molar-refractivity contribution is -0.0110. The number of carbonyl (C=O) groups excluding carboxylic acids is 3. The third-order valence-electron chi connectivity index (χ3n) is 19.5. The topological polar surface area (TPSA) is 314 Å². The lowest BCUT2D eigenvalue weighted by Gasteiger charge is -2.36. The van der Waals surface area contributed by atoms with E-state index in [0.717, 1.165) is 118 Å². The van der Waals surface area contributed by atoms with Crippen LogP contribution in [-0.4, -0.2) is 163 Å². The van der Waals surface area contributed by atoms with Gasteiger partial charge in [0.15, 0.2) is 16.9 Å². The molecule has 6 fully saturated rings. The van der Waals surface area contributed by atoms with Gasteiger partial charge < -0.3 is 61.4 Å². The highest BCUT2D eigenvalue weighted by molar-refractivity contribution is 6.30. The van der Waals surface area contributed by atoms with Crippen molar-refractivity contribution in [3.63, 3.8) is 0 Å². The minimum atomic E-state index is -0.754. The molecule has 9 aromatic rings. The first-order valence-electron chi connectivity index (χ1n) is 37.7. The highest BCUT2D eigenvalue weighted by Crippen LogP contribution is 2.46. The number of nitrogens with one attached hydrogen (secondary N) is 4. The van der Waals surface area contributed by atoms with E-state index < -0.39 is 46.7 Å². The molecule has 30 heteroatoms. The first kappa shape index (κ1) is 81.6. The second-order valence-corrected chi connectivity index (χ2v) is 32.4. The van der Waals surface area contributed by atoms with Gasteiger partial charge >= 0.3 is 18.3 Å². The highest BCUT2D eigenvalue weighted by atomic mass is 35.5. The van der Waals surface area contributed by atoms with Crippen molar-refractivity contribution in [3.05, 3.63) is 149 Å². The predicted molar refractivity (Wildman–Crippen MR) is 419 cm³/mol. The molecule has 15 rings (SSSR count). The van der Waals surface area contributed by atoms with E-state index in [2.05, 4.69) is 41.5 Å². The maximum atomic E-state index is 14.3. The maximum Gasteiger partial charge on any atom is 0.420 e. The number of piperidine rings is 2. The SMILES string of the molecule is C.CC(C)(C)OC(=O)N(c1cccc(F)c1)c1cc(Cl)nc2c(C3CC3)cnn12.CC(C)(C)OC(=O)N(c1cccc(F)c1)c1cc(NC[C@H]2CCCC[C@@H]2O)nc2c(C3CC3)cnn12.CC(C)(C)OC(=O)N1CC[C@H](CN)[C@@H](O)C1.O[C@H]1CNCC[C@@H]1CNc1cc(Nc2cccc(F)c2)n2ncc(C3CC3)c2n1. The second kappa shape index (κ2) is 34.9. The van der Waals surface area contributed by atoms with E-state index in [4.69, 9.17) is 41.5 Å². The molecule has 2 saturated heterocycles. The van der Waals surface area contributed by atoms with Crippen LogP contribution in [0.5, 0.6) is 0 Å². The molecule has 4 aliphatic carbocycles. The predicted octanol–water partition coefficient (Wildman–Crippen LogP) is 15.3. The molecule has 6 aliphatic rings. The number of ether oxygens (including phenoxy) is 3. The molecule has 8 heterocycles. The average Bonchev–Trinajstić information content (AvgIpc) is 1.59. The number of benzene rings is 3. The van der Waals surface area contributed by atoms with Gasteiger partial charge in [-0.1, -0.05) is 50.1 Å². The molecule has 0 radical (unpaired) electrons. The summed E-state index contributed by atoms with van der Waals surface area (Å²) in [5, 5.41) is 57.4. The summed E-state index contributed by atoms with van der Waals surface area (Å²) >= 11 is 6.27. The van der Waals surface area contributed by atoms with Gasteiger partial charge in [0.05, 0.1) is 54.8 Å². The van der Waals surface area contributed by atoms with Crippen LogP contribution in [0.2, 0.25) is 5.15 Å². The monoisotopic (exact) mass is 1540 g/mol. The first-order valence-corrected chi connectivity index (χ1v) is 38.1. The molecule has 6 atom stereocenters. The van der Waals surface area contributed by atoms with Gasteiger partial charge in [-0.3, -0.25) is 0 Å². The highest BCUT2D eigenvalue weighted by Gasteiger charge is 2.37. The average molecular weight is 1540 g/mol. The third kappa shape index (κ3) is 21.2. The molecule has 110 heavy (non-hydrogen) atoms. The zero-order chi connectivity index (χ0) is 77.6. The summed E-state index contributed by atoms with van der Waals surface area (Å²) in [4.78, 5) is 56.5. The Kier molecular flexibility index (Phi) is 25.9. The van der Waals surface area contributed by atoms with Crippen LogP contribution in [-0.2, 0) is 14.2 Å². The number of hydrogen-bond acceptors (Lipinski definition) is 20. The van der Waals surface area contributed by atoms with Gasteiger partial charge in [0.25, 0.3) is 0 Å². The van der Waals surface area contributed by atoms with E-state index in [-0.39, 0.29) is 54.5 Å². The molecule has 2 aliphatic heterocycles. The molecular formula is C80H105ClF3N17O9. The van der Waals surface area contributed by atoms with E-state index in [1.807, 2.05) is 39.1 Å². The van der Waals surface area contributed by atoms with Crippen LogP contribution in [0.4, 0.5) is 73.7 Å². The minimum absolute atomic E-state index is 0. The molecule has 0 unspecified atom stereocenters. The van der Waals surface area contributed by atoms with Gasteiger partial charge in [0, 0.05) is 84.5 Å². The van der Waals surface area contributed by atoms with Crippen molar-refractivity contribution in [2.45, 2.75) is 200 Å². The third-order valence-corrected chi connectivity index (χ3v) is 19.7. The molecule has 3 amide bonds. The summed E-state index contributed by atoms with van der Waals surface area (Å²) < 4.78 is 63.3. The van der Waals surface area contributed by atoms with Gasteiger partial charge in [0.1, 0.15) is 68.5 Å². The number of aliphatic hydroxyl groups is 3. The van der Waals surface area contributed by atoms with Crippen LogP contribution < -0.4 is 36.8 Å². The maximum absolute atomic E-state index is 14.3. The fraction of sp³-hybridized carbons (Fsp3) is 0.512. The normalized spacial score (nSPS) is 20.0. The Balaban J connectivity index is 0.000000150. The van der Waals surface area contributed by atoms with Crippen molar-refractivity contribution in [2.75, 3.05) is 71.6 Å². The van der Waals surface area contributed by atoms with Gasteiger partial charge in [-0.15, -0.1) is 0 Å². The van der Waals surface area contributed by atoms with Crippen LogP contribution >= 0.6 is 11.6 Å². The Morgan fingerprint density at radius 3 is 1.52 bits per heavy atom. The van der Waals surface area contributed by atoms with Crippen LogP contribution in [0.25, 0.3) is 16.9 Å². The standard InChI is InChI=1S/C27H34FN5O3.C21H25FN6O.C20H20ClFN4O2.C11H22N2O3.CH4/c1-27(2,3)36-26(35)32(20-9-6-8-19(28)13-20)24-14-23(29-15-18-7-4-5-10-22(18)34)31-25-21(17-11-12-17)16-30-33(24)25;22-15-2-1-3-16(8-15)26-20-9-19(24-10-14-6-7-23-12-18(14)29)27-21-17(13-4-5-13)11-25-28(20)21;1-20(2,3)28-19(27)25(14-6-4-5-13(22)9-14)17-10-16(21)24-18-15(12-7-8-12)11-23-26(17)18;1-11(2,3)16-10(15)13-5-4-8(6-12)9(14)7-13;/h6,8-9,13-14,16-18,22,34H,4-5,7,10-12,15H2,1-3H3,(H,29,31);1-3,8-9,11,13-14,18,23,26,29H,4-7,10,12H2,(H,24,27);4-6,9-12H,7-8H2,1-3H3;8-9,14H,4-7,12H2,1-3H3;1H4/t18-,22+;14-,18+;;8-,9+;/m11.1./s1. The number of likely N-dealkylation sites (tertiary alicyclic amines) is 1. The number of aromatic nitrogens is 9. The Labute approximate surface area is 644 Å². The van der Waals surface area contributed by atoms with E-state index in [0.29, 0.717) is 103 Å². The van der Waals surface area contributed by atoms with E-state index >= 15 is 0 Å². The van der Waals surface area contributed by atoms with Crippen molar-refractivity contribution in [3.8, 4) is 0 Å². The lowest BCUT2D eigenvalue weighted by Crippen LogP contribution is -2.49. The van der Waals surface area contributed by atoms with Crippen molar-refractivity contribution in [1.29, 1.82) is 0 Å². The van der Waals surface area contributed by atoms with Crippen molar-refractivity contribution in [2.24, 2.45) is 23.5 Å². The van der Waals surface area contributed by atoms with Crippen LogP contribution in [0.1, 0.15) is 181 Å². The van der Waals surface area contributed by atoms with Crippen molar-refractivity contribution in [1.82, 2.24) is 54.0 Å². The zero-order valence-corrected chi connectivity index (χ0v) is 64.0. The Morgan fingerprint density at radius 1 is 0.564 bits per heavy atom. The summed E-state index contributed by atoms with van der Waals surface area (Å²) in [5.41, 5.74) is 10.1. The van der Waals surface area contributed by atoms with E-state index in [1.165, 1.54) is 58.3 Å². The number of β-amino-alcohol motifs (C(OH)–C–C–N with tert-alkyl or cyclic N) is 2. The zero-order valence-electron chi connectivity index (χ0n) is 63.3. The van der Waals surface area contributed by atoms with Gasteiger partial charge in [0.2, 0.25) is 0 Å². The molecule has 6 aromatic heterocycles. The van der Waals surface area contributed by atoms with Crippen LogP contribution in [0, 0.1) is 35.2 Å². The number of rotatable bonds is 16. The summed E-state index contributed by atoms with van der Waals surface area (Å²) in [6.45, 7) is 20.3. The number of aliphatic hydroxyl groups excluding tert-OH is 3. The van der Waals surface area contributed by atoms with Crippen molar-refractivity contribution >= 4 is 93.0 Å². The number of anilines is 8. The number of nitrogens with zero attached hydrogens (tertiary/aromatic N) is 12. The molecule has 4 saturated carbocycles. The number of halogens is 4. The Hall–Kier alpha value is -9.39. The van der Waals surface area contributed by atoms with Crippen molar-refractivity contribution < 1.29 is 57.1 Å². The van der Waals surface area contributed by atoms with Crippen LogP contribution in [0.3, 0.4) is 0 Å². The molecule has 592 valence electrons. The largest absolute Gasteiger partial charge is 0.444 e. The first-order chi connectivity index (χ1) is 51.9. The van der Waals surface area contributed by atoms with Gasteiger partial charge in [-0.25, -0.2) is 52.3 Å². The van der Waals surface area contributed by atoms with E-state index in [9.17, 15) is 42.9 Å². The Bertz CT molecular complexity index is 4660. The second-order valence-electron chi connectivity index (χ2n) is 32.0. The summed E-state index contributed by atoms with van der Waals surface area (Å²) in [7, 11) is 0. The molecular weight excluding hydrogens is 1440 g/mol. The summed E-state index contributed by atoms with van der Waals surface area (Å²) in [6, 6.07) is 23.1. The number of nitrogens with two attached hydrogens (primary N) is 1. The Morgan fingerprint density at radius 2 is 1.04 bits per heavy atom. The molecule has 0 spiro atoms. The number of fused-ring (bicyclic) bond motifs is 3. The van der Waals surface area contributed by atoms with Gasteiger partial charge in [-0.05, 0) is 212 Å². The quantitative estimate of drug-likeness (QED) is 0.0329. The summed E-state index contributed by atoms with van der Waals surface area (Å²) in [5.74, 6) is 3.26. The smallest absolute Gasteiger partial charge is 0.420 e. The van der Waals surface area contributed by atoms with E-state index in [1.54, 1.807) is 103 Å². The minimum Gasteiger partial charge on any atom is -0.444 e. The molecule has 0 bridgehead atoms. The molecule has 26 nitrogen and oxygen atoms in total. The number of hydrogen-bond donors (Lipinski definition) is 8. The summed E-state index contributed by atoms with van der Waals surface area (Å²) in [6.07, 6.45) is 14.7.